The Kier molecular flexibility index (Phi) is 4.20. The lowest BCUT2D eigenvalue weighted by Gasteiger charge is -2.08. The van der Waals surface area contributed by atoms with Gasteiger partial charge in [-0.2, -0.15) is 0 Å². The maximum Gasteiger partial charge on any atom is 0.328 e. The largest absolute Gasteiger partial charge is 0.488 e. The molecule has 5 heteroatoms. The van der Waals surface area contributed by atoms with Crippen LogP contribution in [-0.4, -0.2) is 16.2 Å². The Hall–Kier alpha value is -2.56. The van der Waals surface area contributed by atoms with E-state index in [4.69, 9.17) is 14.4 Å². The Morgan fingerprint density at radius 1 is 1.40 bits per heavy atom. The Labute approximate surface area is 116 Å². The summed E-state index contributed by atoms with van der Waals surface area (Å²) in [5.74, 6) is 0.344. The van der Waals surface area contributed by atoms with Crippen molar-refractivity contribution in [1.82, 2.24) is 5.16 Å². The number of nitrogens with zero attached hydrogens (tertiary/aromatic N) is 1. The van der Waals surface area contributed by atoms with Gasteiger partial charge in [-0.25, -0.2) is 4.79 Å². The minimum Gasteiger partial charge on any atom is -0.488 e. The van der Waals surface area contributed by atoms with Gasteiger partial charge in [0.1, 0.15) is 18.1 Å². The first-order valence-corrected chi connectivity index (χ1v) is 6.12. The van der Waals surface area contributed by atoms with Crippen LogP contribution in [0.5, 0.6) is 5.75 Å². The zero-order chi connectivity index (χ0) is 14.5. The average Bonchev–Trinajstić information content (AvgIpc) is 2.74. The fraction of sp³-hybridized carbons (Fsp3) is 0.200. The van der Waals surface area contributed by atoms with Crippen LogP contribution in [0, 0.1) is 13.8 Å². The van der Waals surface area contributed by atoms with Crippen LogP contribution < -0.4 is 4.74 Å². The molecular weight excluding hydrogens is 258 g/mol. The smallest absolute Gasteiger partial charge is 0.328 e. The van der Waals surface area contributed by atoms with Crippen LogP contribution in [0.4, 0.5) is 0 Å². The maximum absolute atomic E-state index is 10.6. The first-order valence-electron chi connectivity index (χ1n) is 6.12. The molecule has 0 atom stereocenters. The molecule has 0 unspecified atom stereocenters. The second-order valence-corrected chi connectivity index (χ2v) is 4.30. The molecule has 0 saturated carbocycles. The van der Waals surface area contributed by atoms with Crippen molar-refractivity contribution in [2.75, 3.05) is 0 Å². The SMILES string of the molecule is Cc1noc(C)c1COc1ccccc1C=CC(=O)O. The molecule has 2 aromatic rings. The lowest BCUT2D eigenvalue weighted by molar-refractivity contribution is -0.131. The van der Waals surface area contributed by atoms with E-state index in [1.165, 1.54) is 6.08 Å². The van der Waals surface area contributed by atoms with Gasteiger partial charge in [0.15, 0.2) is 0 Å². The van der Waals surface area contributed by atoms with Gasteiger partial charge in [-0.15, -0.1) is 0 Å². The Morgan fingerprint density at radius 3 is 2.80 bits per heavy atom. The highest BCUT2D eigenvalue weighted by Gasteiger charge is 2.10. The van der Waals surface area contributed by atoms with Gasteiger partial charge in [0.25, 0.3) is 0 Å². The van der Waals surface area contributed by atoms with Gasteiger partial charge >= 0.3 is 5.97 Å². The van der Waals surface area contributed by atoms with Crippen LogP contribution in [0.15, 0.2) is 34.9 Å². The molecule has 1 heterocycles. The lowest BCUT2D eigenvalue weighted by atomic mass is 10.2. The highest BCUT2D eigenvalue weighted by molar-refractivity contribution is 5.85. The summed E-state index contributed by atoms with van der Waals surface area (Å²) in [4.78, 5) is 10.6. The monoisotopic (exact) mass is 273 g/mol. The van der Waals surface area contributed by atoms with E-state index < -0.39 is 5.97 Å². The number of ether oxygens (including phenoxy) is 1. The Bertz CT molecular complexity index is 624. The summed E-state index contributed by atoms with van der Waals surface area (Å²) in [5, 5.41) is 12.5. The van der Waals surface area contributed by atoms with Crippen LogP contribution in [0.1, 0.15) is 22.6 Å². The van der Waals surface area contributed by atoms with Crippen LogP contribution in [0.3, 0.4) is 0 Å². The molecule has 0 fully saturated rings. The molecule has 1 N–H and O–H groups in total. The van der Waals surface area contributed by atoms with Crippen LogP contribution >= 0.6 is 0 Å². The van der Waals surface area contributed by atoms with Gasteiger partial charge in [0, 0.05) is 11.6 Å². The molecule has 0 radical (unpaired) electrons. The molecule has 0 saturated heterocycles. The van der Waals surface area contributed by atoms with Crippen LogP contribution in [-0.2, 0) is 11.4 Å². The summed E-state index contributed by atoms with van der Waals surface area (Å²) < 4.78 is 10.8. The molecule has 2 rings (SSSR count). The summed E-state index contributed by atoms with van der Waals surface area (Å²) in [6, 6.07) is 7.24. The number of aromatic nitrogens is 1. The number of para-hydroxylation sites is 1. The second kappa shape index (κ2) is 6.06. The number of hydrogen-bond donors (Lipinski definition) is 1. The molecule has 1 aromatic heterocycles. The average molecular weight is 273 g/mol. The minimum absolute atomic E-state index is 0.332. The van der Waals surface area contributed by atoms with E-state index in [1.54, 1.807) is 12.1 Å². The van der Waals surface area contributed by atoms with E-state index in [9.17, 15) is 4.79 Å². The van der Waals surface area contributed by atoms with Gasteiger partial charge < -0.3 is 14.4 Å². The van der Waals surface area contributed by atoms with Crippen molar-refractivity contribution in [2.45, 2.75) is 20.5 Å². The summed E-state index contributed by atoms with van der Waals surface area (Å²) in [6.45, 7) is 4.01. The number of carbonyl (C=O) groups is 1. The van der Waals surface area contributed by atoms with E-state index in [-0.39, 0.29) is 0 Å². The lowest BCUT2D eigenvalue weighted by Crippen LogP contribution is -1.99. The molecule has 20 heavy (non-hydrogen) atoms. The number of benzene rings is 1. The summed E-state index contributed by atoms with van der Waals surface area (Å²) >= 11 is 0. The first kappa shape index (κ1) is 13.9. The van der Waals surface area contributed by atoms with Gasteiger partial charge in [-0.1, -0.05) is 23.4 Å². The molecular formula is C15H15NO4. The molecule has 0 amide bonds. The molecule has 0 bridgehead atoms. The predicted octanol–water partition coefficient (Wildman–Crippen LogP) is 2.97. The van der Waals surface area contributed by atoms with E-state index in [2.05, 4.69) is 5.16 Å². The van der Waals surface area contributed by atoms with Crippen molar-refractivity contribution in [3.63, 3.8) is 0 Å². The number of carboxylic acid groups (broad SMARTS) is 1. The maximum atomic E-state index is 10.6. The fourth-order valence-corrected chi connectivity index (χ4v) is 1.77. The number of rotatable bonds is 5. The third-order valence-corrected chi connectivity index (χ3v) is 2.88. The summed E-state index contributed by atoms with van der Waals surface area (Å²) in [7, 11) is 0. The van der Waals surface area contributed by atoms with Crippen molar-refractivity contribution in [2.24, 2.45) is 0 Å². The molecule has 104 valence electrons. The fourth-order valence-electron chi connectivity index (χ4n) is 1.77. The summed E-state index contributed by atoms with van der Waals surface area (Å²) in [5.41, 5.74) is 2.41. The molecule has 0 aliphatic heterocycles. The van der Waals surface area contributed by atoms with E-state index in [0.29, 0.717) is 17.9 Å². The van der Waals surface area contributed by atoms with E-state index in [0.717, 1.165) is 23.1 Å². The van der Waals surface area contributed by atoms with E-state index >= 15 is 0 Å². The number of hydrogen-bond acceptors (Lipinski definition) is 4. The Morgan fingerprint density at radius 2 is 2.15 bits per heavy atom. The van der Waals surface area contributed by atoms with Crippen molar-refractivity contribution < 1.29 is 19.2 Å². The third kappa shape index (κ3) is 3.26. The summed E-state index contributed by atoms with van der Waals surface area (Å²) in [6.07, 6.45) is 2.59. The number of aryl methyl sites for hydroxylation is 2. The van der Waals surface area contributed by atoms with Crippen LogP contribution in [0.25, 0.3) is 6.08 Å². The predicted molar refractivity (Wildman–Crippen MR) is 73.4 cm³/mol. The van der Waals surface area contributed by atoms with Crippen molar-refractivity contribution >= 4 is 12.0 Å². The normalized spacial score (nSPS) is 10.9. The zero-order valence-electron chi connectivity index (χ0n) is 11.3. The van der Waals surface area contributed by atoms with Crippen molar-refractivity contribution in [3.8, 4) is 5.75 Å². The third-order valence-electron chi connectivity index (χ3n) is 2.88. The molecule has 0 aliphatic rings. The molecule has 5 nitrogen and oxygen atoms in total. The van der Waals surface area contributed by atoms with Gasteiger partial charge in [0.2, 0.25) is 0 Å². The molecule has 0 spiro atoms. The van der Waals surface area contributed by atoms with Gasteiger partial charge in [-0.05, 0) is 26.0 Å². The van der Waals surface area contributed by atoms with Crippen molar-refractivity contribution in [3.05, 3.63) is 52.9 Å². The number of aliphatic carboxylic acids is 1. The highest BCUT2D eigenvalue weighted by atomic mass is 16.5. The Balaban J connectivity index is 2.16. The van der Waals surface area contributed by atoms with E-state index in [1.807, 2.05) is 26.0 Å². The molecule has 1 aromatic carbocycles. The van der Waals surface area contributed by atoms with Gasteiger partial charge in [0.05, 0.1) is 11.3 Å². The first-order chi connectivity index (χ1) is 9.58. The highest BCUT2D eigenvalue weighted by Crippen LogP contribution is 2.22. The van der Waals surface area contributed by atoms with Crippen LogP contribution in [0.2, 0.25) is 0 Å². The van der Waals surface area contributed by atoms with Crippen molar-refractivity contribution in [1.29, 1.82) is 0 Å². The minimum atomic E-state index is -0.995. The quantitative estimate of drug-likeness (QED) is 0.848. The topological polar surface area (TPSA) is 72.6 Å². The standard InChI is InChI=1S/C15H15NO4/c1-10-13(11(2)20-16-10)9-19-14-6-4-3-5-12(14)7-8-15(17)18/h3-8H,9H2,1-2H3,(H,17,18). The van der Waals surface area contributed by atoms with Gasteiger partial charge in [-0.3, -0.25) is 0 Å². The molecule has 0 aliphatic carbocycles. The second-order valence-electron chi connectivity index (χ2n) is 4.30. The zero-order valence-corrected chi connectivity index (χ0v) is 11.3. The number of carboxylic acids is 1.